The van der Waals surface area contributed by atoms with E-state index in [4.69, 9.17) is 27.5 Å². The Morgan fingerprint density at radius 1 is 1.50 bits per heavy atom. The third-order valence-electron chi connectivity index (χ3n) is 3.53. The number of benzene rings is 1. The van der Waals surface area contributed by atoms with Crippen LogP contribution in [0, 0.1) is 5.41 Å². The first-order valence-corrected chi connectivity index (χ1v) is 7.23. The molecule has 0 saturated carbocycles. The normalized spacial score (nSPS) is 12.7. The van der Waals surface area contributed by atoms with E-state index in [1.807, 2.05) is 12.1 Å². The molecule has 0 spiro atoms. The zero-order valence-electron chi connectivity index (χ0n) is 12.4. The van der Waals surface area contributed by atoms with Gasteiger partial charge in [0.15, 0.2) is 0 Å². The van der Waals surface area contributed by atoms with E-state index in [-0.39, 0.29) is 5.84 Å². The molecule has 20 heavy (non-hydrogen) atoms. The van der Waals surface area contributed by atoms with E-state index >= 15 is 0 Å². The van der Waals surface area contributed by atoms with Gasteiger partial charge in [0.05, 0.1) is 6.61 Å². The van der Waals surface area contributed by atoms with Crippen molar-refractivity contribution < 1.29 is 4.74 Å². The van der Waals surface area contributed by atoms with Crippen molar-refractivity contribution in [1.29, 1.82) is 5.41 Å². The van der Waals surface area contributed by atoms with Crippen molar-refractivity contribution in [2.45, 2.75) is 32.9 Å². The number of methoxy groups -OCH3 is 1. The van der Waals surface area contributed by atoms with Gasteiger partial charge in [-0.15, -0.1) is 0 Å². The highest BCUT2D eigenvalue weighted by atomic mass is 35.5. The minimum absolute atomic E-state index is 0.0385. The van der Waals surface area contributed by atoms with Crippen LogP contribution < -0.4 is 5.73 Å². The van der Waals surface area contributed by atoms with Gasteiger partial charge in [-0.05, 0) is 25.0 Å². The van der Waals surface area contributed by atoms with E-state index in [1.165, 1.54) is 0 Å². The molecule has 1 aromatic rings. The number of amidine groups is 1. The molecule has 0 aliphatic rings. The van der Waals surface area contributed by atoms with Crippen LogP contribution in [0.15, 0.2) is 18.2 Å². The van der Waals surface area contributed by atoms with E-state index < -0.39 is 0 Å². The van der Waals surface area contributed by atoms with Gasteiger partial charge in [0.1, 0.15) is 5.84 Å². The second-order valence-corrected chi connectivity index (χ2v) is 5.35. The second-order valence-electron chi connectivity index (χ2n) is 4.94. The fourth-order valence-corrected chi connectivity index (χ4v) is 2.22. The van der Waals surface area contributed by atoms with Crippen molar-refractivity contribution in [1.82, 2.24) is 4.90 Å². The molecule has 0 radical (unpaired) electrons. The molecule has 1 aromatic carbocycles. The van der Waals surface area contributed by atoms with Crippen LogP contribution in [-0.4, -0.2) is 37.0 Å². The summed E-state index contributed by atoms with van der Waals surface area (Å²) >= 11 is 6.29. The maximum absolute atomic E-state index is 7.43. The lowest BCUT2D eigenvalue weighted by Crippen LogP contribution is -2.35. The van der Waals surface area contributed by atoms with Gasteiger partial charge in [0.25, 0.3) is 0 Å². The molecule has 0 bridgehead atoms. The van der Waals surface area contributed by atoms with Gasteiger partial charge in [-0.2, -0.15) is 0 Å². The van der Waals surface area contributed by atoms with Crippen LogP contribution in [0.25, 0.3) is 0 Å². The summed E-state index contributed by atoms with van der Waals surface area (Å²) in [5, 5.41) is 8.08. The predicted molar refractivity (Wildman–Crippen MR) is 84.5 cm³/mol. The Balaban J connectivity index is 2.84. The van der Waals surface area contributed by atoms with Gasteiger partial charge in [0, 0.05) is 36.8 Å². The van der Waals surface area contributed by atoms with E-state index in [1.54, 1.807) is 13.2 Å². The summed E-state index contributed by atoms with van der Waals surface area (Å²) in [7, 11) is 1.71. The Hall–Kier alpha value is -1.10. The van der Waals surface area contributed by atoms with Crippen LogP contribution in [0.2, 0.25) is 5.02 Å². The molecular formula is C15H24ClN3O. The molecule has 1 rings (SSSR count). The molecule has 0 fully saturated rings. The summed E-state index contributed by atoms with van der Waals surface area (Å²) in [5.41, 5.74) is 7.17. The quantitative estimate of drug-likeness (QED) is 0.573. The fourth-order valence-electron chi connectivity index (χ4n) is 1.98. The first-order valence-electron chi connectivity index (χ1n) is 6.85. The van der Waals surface area contributed by atoms with Gasteiger partial charge in [-0.1, -0.05) is 30.7 Å². The van der Waals surface area contributed by atoms with Crippen LogP contribution in [0.3, 0.4) is 0 Å². The van der Waals surface area contributed by atoms with E-state index in [9.17, 15) is 0 Å². The van der Waals surface area contributed by atoms with Crippen LogP contribution in [0.4, 0.5) is 0 Å². The smallest absolute Gasteiger partial charge is 0.122 e. The largest absolute Gasteiger partial charge is 0.384 e. The van der Waals surface area contributed by atoms with Crippen LogP contribution in [0.1, 0.15) is 31.4 Å². The minimum Gasteiger partial charge on any atom is -0.384 e. The summed E-state index contributed by atoms with van der Waals surface area (Å²) in [5.74, 6) is 0.0385. The second kappa shape index (κ2) is 8.25. The number of ether oxygens (including phenoxy) is 1. The Morgan fingerprint density at radius 2 is 2.20 bits per heavy atom. The average molecular weight is 298 g/mol. The number of halogens is 1. The summed E-state index contributed by atoms with van der Waals surface area (Å²) < 4.78 is 5.17. The molecule has 5 heteroatoms. The summed E-state index contributed by atoms with van der Waals surface area (Å²) in [6.45, 7) is 6.72. The molecule has 3 N–H and O–H groups in total. The average Bonchev–Trinajstić information content (AvgIpc) is 2.43. The third-order valence-corrected chi connectivity index (χ3v) is 3.89. The molecule has 0 aliphatic carbocycles. The lowest BCUT2D eigenvalue weighted by molar-refractivity contribution is 0.118. The van der Waals surface area contributed by atoms with Crippen LogP contribution >= 0.6 is 11.6 Å². The Labute approximate surface area is 126 Å². The molecule has 1 atom stereocenters. The maximum Gasteiger partial charge on any atom is 0.122 e. The highest BCUT2D eigenvalue weighted by molar-refractivity contribution is 6.31. The predicted octanol–water partition coefficient (Wildman–Crippen LogP) is 2.87. The number of nitrogens with zero attached hydrogens (tertiary/aromatic N) is 1. The van der Waals surface area contributed by atoms with Crippen molar-refractivity contribution in [2.24, 2.45) is 5.73 Å². The van der Waals surface area contributed by atoms with Gasteiger partial charge < -0.3 is 10.5 Å². The summed E-state index contributed by atoms with van der Waals surface area (Å²) in [6, 6.07) is 6.01. The molecule has 1 unspecified atom stereocenters. The molecule has 0 amide bonds. The van der Waals surface area contributed by atoms with Crippen LogP contribution in [0.5, 0.6) is 0 Å². The summed E-state index contributed by atoms with van der Waals surface area (Å²) in [6.07, 6.45) is 1.08. The maximum atomic E-state index is 7.43. The number of nitrogen functional groups attached to an aromatic ring is 1. The zero-order chi connectivity index (χ0) is 15.1. The van der Waals surface area contributed by atoms with Gasteiger partial charge in [-0.3, -0.25) is 10.3 Å². The zero-order valence-corrected chi connectivity index (χ0v) is 13.2. The first-order chi connectivity index (χ1) is 9.49. The fraction of sp³-hybridized carbons (Fsp3) is 0.533. The molecule has 0 saturated heterocycles. The van der Waals surface area contributed by atoms with Crippen molar-refractivity contribution >= 4 is 17.4 Å². The molecule has 0 aliphatic heterocycles. The van der Waals surface area contributed by atoms with Gasteiger partial charge >= 0.3 is 0 Å². The van der Waals surface area contributed by atoms with Crippen molar-refractivity contribution in [3.05, 3.63) is 34.3 Å². The standard InChI is InChI=1S/C15H24ClN3O/c1-4-11(2)19(7-8-20-3)10-13-6-5-12(15(17)18)9-14(13)16/h5-6,9,11H,4,7-8,10H2,1-3H3,(H3,17,18). The van der Waals surface area contributed by atoms with E-state index in [2.05, 4.69) is 18.7 Å². The monoisotopic (exact) mass is 297 g/mol. The Morgan fingerprint density at radius 3 is 2.70 bits per heavy atom. The summed E-state index contributed by atoms with van der Waals surface area (Å²) in [4.78, 5) is 2.35. The van der Waals surface area contributed by atoms with Gasteiger partial charge in [-0.25, -0.2) is 0 Å². The number of hydrogen-bond acceptors (Lipinski definition) is 3. The van der Waals surface area contributed by atoms with Gasteiger partial charge in [0.2, 0.25) is 0 Å². The number of hydrogen-bond donors (Lipinski definition) is 2. The lowest BCUT2D eigenvalue weighted by Gasteiger charge is -2.28. The van der Waals surface area contributed by atoms with Crippen molar-refractivity contribution in [3.8, 4) is 0 Å². The molecular weight excluding hydrogens is 274 g/mol. The van der Waals surface area contributed by atoms with E-state index in [0.29, 0.717) is 23.2 Å². The molecule has 0 heterocycles. The lowest BCUT2D eigenvalue weighted by atomic mass is 10.1. The number of nitrogens with one attached hydrogen (secondary N) is 1. The Bertz CT molecular complexity index is 451. The van der Waals surface area contributed by atoms with E-state index in [0.717, 1.165) is 25.1 Å². The number of nitrogens with two attached hydrogens (primary N) is 1. The molecule has 0 aromatic heterocycles. The first kappa shape index (κ1) is 17.0. The third kappa shape index (κ3) is 4.78. The highest BCUT2D eigenvalue weighted by Crippen LogP contribution is 2.21. The molecule has 112 valence electrons. The molecule has 4 nitrogen and oxygen atoms in total. The van der Waals surface area contributed by atoms with Crippen LogP contribution in [-0.2, 0) is 11.3 Å². The number of rotatable bonds is 8. The highest BCUT2D eigenvalue weighted by Gasteiger charge is 2.14. The minimum atomic E-state index is 0.0385. The SMILES string of the molecule is CCC(C)N(CCOC)Cc1ccc(C(=N)N)cc1Cl. The Kier molecular flexibility index (Phi) is 6.99. The topological polar surface area (TPSA) is 62.3 Å². The van der Waals surface area contributed by atoms with Crippen molar-refractivity contribution in [3.63, 3.8) is 0 Å². The van der Waals surface area contributed by atoms with Crippen molar-refractivity contribution in [2.75, 3.05) is 20.3 Å².